The first kappa shape index (κ1) is 104. The molecule has 0 bridgehead atoms. The lowest BCUT2D eigenvalue weighted by Gasteiger charge is -2.13. The van der Waals surface area contributed by atoms with E-state index >= 15 is 0 Å². The van der Waals surface area contributed by atoms with E-state index in [4.69, 9.17) is 80.0 Å². The van der Waals surface area contributed by atoms with E-state index in [1.165, 1.54) is 83.1 Å². The summed E-state index contributed by atoms with van der Waals surface area (Å²) in [5.74, 6) is 14.5. The standard InChI is InChI=1S/C20H14Cl2N2O4S.C18H12Cl2N2O4S2.C14H16N4O2S.C12H12N4O3S.C11H13N5O2S.C10H13N3O3S/c1-10(23-24-19(26)11-2-4-12(5-3-11)20(27)28)14-9-29-18(17(14)25)13-6-7-15(21)16(22)8-13;1-8(21-22-17(24)13-4-5-14(28-13)18(25)26)10-7-27-16(15(10)23)9-2-3-11(19)12(20)6-9;15-18-14(20)12-4-3-11(21-12)13(19)17-7-1-2-10-5-8-16-9-6-10;13-15-12(18)10-2-1-9(20-10)11(17)14-7-8-3-5-16(19)6-4-8;1-16-6-13-4-7(16)5-14-10(17)8-2-3-9(19-8)11(18)15-12;11-12-9(15)7-1-2-8(17-7)10(16)13-4-3-6(14)5-13/h2-9,25H,1H3,(H,24,26)(H,27,28);2-7,23H,1H3,(H,22,24)(H,25,26);3-6,8-9H,1-2,7,15H2,(H,17,19)(H,18,20);1-6H,7,13H2,(H,14,17)(H,15,18);2-4,6H,5,12H2,1H3,(H,14,17)(H,15,18);1-2,6,14H,3-5,11H2,(H,12,15)/b23-10+;21-8+;;;;. The molecule has 1 aliphatic heterocycles. The number of aliphatic hydroxyl groups excluding tert-OH is 1. The van der Waals surface area contributed by atoms with Crippen molar-refractivity contribution in [2.45, 2.75) is 52.3 Å². The monoisotopic (exact) mass is 2030 g/mol. The molecule has 0 radical (unpaired) electrons. The highest BCUT2D eigenvalue weighted by Crippen LogP contribution is 2.42. The molecule has 1 fully saturated rings. The number of aliphatic hydroxyl groups is 1. The number of hydrogen-bond acceptors (Lipinski definition) is 31. The molecular formula is C85H80Cl4N20O18S7. The van der Waals surface area contributed by atoms with E-state index in [0.29, 0.717) is 146 Å². The number of aromatic carboxylic acids is 2. The van der Waals surface area contributed by atoms with E-state index < -0.39 is 53.5 Å². The number of carboxylic acids is 2. The van der Waals surface area contributed by atoms with E-state index in [0.717, 1.165) is 80.8 Å². The van der Waals surface area contributed by atoms with Crippen LogP contribution >= 0.6 is 126 Å². The third-order valence-corrected chi connectivity index (χ3v) is 27.2. The van der Waals surface area contributed by atoms with Crippen molar-refractivity contribution in [3.63, 3.8) is 0 Å². The molecule has 3 aromatic carbocycles. The van der Waals surface area contributed by atoms with Crippen LogP contribution < -0.4 is 76.6 Å². The Balaban J connectivity index is 0.000000182. The molecule has 49 heteroatoms. The van der Waals surface area contributed by atoms with Crippen molar-refractivity contribution in [1.82, 2.24) is 67.9 Å². The topological polar surface area (TPSA) is 604 Å². The number of hydrogen-bond donors (Lipinski definition) is 18. The molecule has 698 valence electrons. The van der Waals surface area contributed by atoms with Crippen LogP contribution in [-0.2, 0) is 26.6 Å². The third-order valence-electron chi connectivity index (χ3n) is 18.3. The summed E-state index contributed by atoms with van der Waals surface area (Å²) in [6, 6.07) is 38.1. The number of β-amino-alcohol motifs (C(OH)–C–C–N with tert-alkyl or cyclic N) is 1. The lowest BCUT2D eigenvalue weighted by molar-refractivity contribution is -0.605. The first-order valence-corrected chi connectivity index (χ1v) is 46.1. The zero-order valence-corrected chi connectivity index (χ0v) is 78.8. The second-order valence-corrected chi connectivity index (χ2v) is 36.2. The van der Waals surface area contributed by atoms with Gasteiger partial charge in [-0.25, -0.2) is 48.8 Å². The summed E-state index contributed by atoms with van der Waals surface area (Å²) in [5, 5.41) is 80.5. The van der Waals surface area contributed by atoms with Gasteiger partial charge in [0.1, 0.15) is 16.4 Å². The number of aromatic nitrogens is 4. The van der Waals surface area contributed by atoms with Gasteiger partial charge in [0, 0.05) is 80.3 Å². The molecule has 0 spiro atoms. The number of aryl methyl sites for hydroxylation is 2. The number of pyridine rings is 2. The molecule has 1 unspecified atom stereocenters. The number of nitrogens with two attached hydrogens (primary N) is 4. The molecule has 1 saturated heterocycles. The van der Waals surface area contributed by atoms with Crippen LogP contribution in [0.15, 0.2) is 204 Å². The Morgan fingerprint density at radius 2 is 0.896 bits per heavy atom. The fraction of sp³-hybridized carbons (Fsp3) is 0.141. The fourth-order valence-electron chi connectivity index (χ4n) is 11.2. The maximum Gasteiger partial charge on any atom is 0.345 e. The number of amides is 10. The maximum absolute atomic E-state index is 12.2. The minimum absolute atomic E-state index is 0.0168. The Labute approximate surface area is 809 Å². The number of imidazole rings is 1. The zero-order chi connectivity index (χ0) is 97.4. The largest absolute Gasteiger partial charge is 0.619 e. The van der Waals surface area contributed by atoms with Gasteiger partial charge in [0.15, 0.2) is 12.4 Å². The highest BCUT2D eigenvalue weighted by atomic mass is 35.5. The Morgan fingerprint density at radius 1 is 0.485 bits per heavy atom. The molecule has 38 nitrogen and oxygen atoms in total. The molecule has 14 rings (SSSR count). The predicted octanol–water partition coefficient (Wildman–Crippen LogP) is 11.2. The number of hydrazone groups is 2. The second-order valence-electron chi connectivity index (χ2n) is 27.4. The van der Waals surface area contributed by atoms with Gasteiger partial charge in [-0.3, -0.25) is 74.6 Å². The van der Waals surface area contributed by atoms with E-state index in [1.807, 2.05) is 45.5 Å². The first-order valence-electron chi connectivity index (χ1n) is 38.7. The van der Waals surface area contributed by atoms with Crippen molar-refractivity contribution in [1.29, 1.82) is 0 Å². The van der Waals surface area contributed by atoms with Crippen molar-refractivity contribution in [3.8, 4) is 32.4 Å². The predicted molar refractivity (Wildman–Crippen MR) is 513 cm³/mol. The number of likely N-dealkylation sites (tertiary alicyclic amines) is 1. The van der Waals surface area contributed by atoms with Crippen molar-refractivity contribution < 1.29 is 87.8 Å². The number of aromatic hydroxyl groups is 2. The number of nitrogens with one attached hydrogen (secondary N) is 9. The van der Waals surface area contributed by atoms with Gasteiger partial charge in [0.2, 0.25) is 0 Å². The highest BCUT2D eigenvalue weighted by molar-refractivity contribution is 7.18. The number of nitrogens with zero attached hydrogens (tertiary/aromatic N) is 7. The zero-order valence-electron chi connectivity index (χ0n) is 70.1. The molecule has 22 N–H and O–H groups in total. The van der Waals surface area contributed by atoms with Gasteiger partial charge >= 0.3 is 11.9 Å². The number of benzene rings is 3. The molecule has 0 aliphatic carbocycles. The minimum atomic E-state index is -1.10. The Hall–Kier alpha value is -13.6. The van der Waals surface area contributed by atoms with Crippen LogP contribution in [0.25, 0.3) is 20.9 Å². The SMILES string of the molecule is C/C(=N\NC(=O)c1ccc(C(=O)O)cc1)c1csc(-c2ccc(Cl)c(Cl)c2)c1O.C/C(=N\NC(=O)c1ccc(C(=O)O)s1)c1csc(-c2ccc(Cl)c(Cl)c2)c1O.Cn1cncc1CNC(=O)c1ccc(C(=O)NN)s1.NNC(=O)c1ccc(C(=O)N2CCC(O)C2)s1.NNC(=O)c1ccc(C(=O)NCCCc2ccncc2)s1.NNC(=O)c1ccc(C(=O)NCc2cc[n+]([O-])cc2)s1. The van der Waals surface area contributed by atoms with Crippen LogP contribution in [0.3, 0.4) is 0 Å². The smallest absolute Gasteiger partial charge is 0.345 e. The summed E-state index contributed by atoms with van der Waals surface area (Å²) in [5.41, 5.74) is 19.2. The lowest BCUT2D eigenvalue weighted by atomic mass is 10.1. The van der Waals surface area contributed by atoms with E-state index in [-0.39, 0.29) is 56.0 Å². The lowest BCUT2D eigenvalue weighted by Crippen LogP contribution is -2.29. The fourth-order valence-corrected chi connectivity index (χ4v) is 17.9. The summed E-state index contributed by atoms with van der Waals surface area (Å²) < 4.78 is 2.49. The number of hydrazine groups is 4. The van der Waals surface area contributed by atoms with Crippen molar-refractivity contribution >= 4 is 208 Å². The average Bonchev–Trinajstić information content (AvgIpc) is 1.66. The van der Waals surface area contributed by atoms with Crippen LogP contribution in [0.5, 0.6) is 11.5 Å². The quantitative estimate of drug-likeness (QED) is 0.00455. The van der Waals surface area contributed by atoms with Gasteiger partial charge in [-0.2, -0.15) is 14.9 Å². The summed E-state index contributed by atoms with van der Waals surface area (Å²) in [6.07, 6.45) is 11.5. The molecule has 134 heavy (non-hydrogen) atoms. The molecule has 1 aliphatic rings. The summed E-state index contributed by atoms with van der Waals surface area (Å²) in [4.78, 5) is 153. The van der Waals surface area contributed by atoms with Crippen LogP contribution in [-0.4, -0.2) is 153 Å². The number of thiophene rings is 7. The van der Waals surface area contributed by atoms with Crippen LogP contribution in [0.4, 0.5) is 0 Å². The van der Waals surface area contributed by atoms with Crippen LogP contribution in [0.1, 0.15) is 172 Å². The first-order chi connectivity index (χ1) is 64.1. The van der Waals surface area contributed by atoms with Gasteiger partial charge in [-0.05, 0) is 177 Å². The van der Waals surface area contributed by atoms with Gasteiger partial charge in [0.25, 0.3) is 59.1 Å². The summed E-state index contributed by atoms with van der Waals surface area (Å²) in [6.45, 7) is 5.45. The number of rotatable bonds is 26. The Kier molecular flexibility index (Phi) is 39.5. The summed E-state index contributed by atoms with van der Waals surface area (Å²) in [7, 11) is 1.85. The van der Waals surface area contributed by atoms with E-state index in [9.17, 15) is 78.1 Å². The number of halogens is 4. The van der Waals surface area contributed by atoms with Gasteiger partial charge in [0.05, 0.1) is 127 Å². The van der Waals surface area contributed by atoms with Gasteiger partial charge in [-0.1, -0.05) is 58.5 Å². The normalized spacial score (nSPS) is 11.9. The molecular weight excluding hydrogens is 1960 g/mol. The Bertz CT molecular complexity index is 6450. The highest BCUT2D eigenvalue weighted by Gasteiger charge is 2.28. The third kappa shape index (κ3) is 30.0. The summed E-state index contributed by atoms with van der Waals surface area (Å²) >= 11 is 31.7. The number of carbonyl (C=O) groups excluding carboxylic acids is 10. The number of carbonyl (C=O) groups is 12. The van der Waals surface area contributed by atoms with Crippen LogP contribution in [0, 0.1) is 5.21 Å². The second kappa shape index (κ2) is 50.9. The number of nitrogen functional groups attached to an aromatic ring is 4. The average molecular weight is 2040 g/mol. The maximum atomic E-state index is 12.2. The van der Waals surface area contributed by atoms with Crippen molar-refractivity contribution in [3.05, 3.63) is 307 Å². The molecule has 0 saturated carbocycles. The van der Waals surface area contributed by atoms with Gasteiger partial charge in [-0.15, -0.1) is 79.4 Å². The van der Waals surface area contributed by atoms with Gasteiger partial charge < -0.3 is 56.2 Å². The van der Waals surface area contributed by atoms with Crippen LogP contribution in [0.2, 0.25) is 20.1 Å². The Morgan fingerprint density at radius 3 is 1.31 bits per heavy atom. The molecule has 10 amide bonds. The molecule has 11 heterocycles. The molecule has 10 aromatic heterocycles. The van der Waals surface area contributed by atoms with Crippen molar-refractivity contribution in [2.75, 3.05) is 19.6 Å². The minimum Gasteiger partial charge on any atom is -0.619 e. The molecule has 13 aromatic rings. The van der Waals surface area contributed by atoms with E-state index in [1.54, 1.807) is 145 Å². The number of carboxylic acid groups (broad SMARTS) is 2. The van der Waals surface area contributed by atoms with Crippen molar-refractivity contribution in [2.24, 2.45) is 40.6 Å². The molecule has 1 atom stereocenters. The van der Waals surface area contributed by atoms with E-state index in [2.05, 4.69) is 47.0 Å².